The summed E-state index contributed by atoms with van der Waals surface area (Å²) < 4.78 is 10.8. The van der Waals surface area contributed by atoms with Crippen LogP contribution in [0, 0.1) is 11.3 Å². The normalized spacial score (nSPS) is 17.3. The number of morpholine rings is 1. The summed E-state index contributed by atoms with van der Waals surface area (Å²) in [7, 11) is 34.5. The maximum Gasteiger partial charge on any atom is 0.0600 e. The molecule has 3 aliphatic heterocycles. The lowest BCUT2D eigenvalue weighted by atomic mass is 9.76. The number of nitrogens with zero attached hydrogens (tertiary/aromatic N) is 15. The van der Waals surface area contributed by atoms with Gasteiger partial charge in [0.25, 0.3) is 0 Å². The third-order valence-electron chi connectivity index (χ3n) is 24.1. The molecule has 124 heavy (non-hydrogen) atoms. The highest BCUT2D eigenvalue weighted by molar-refractivity contribution is 5.07. The van der Waals surface area contributed by atoms with Gasteiger partial charge in [0.2, 0.25) is 0 Å². The van der Waals surface area contributed by atoms with Crippen LogP contribution < -0.4 is 21.3 Å². The average molecular weight is 1770 g/mol. The van der Waals surface area contributed by atoms with Gasteiger partial charge < -0.3 is 89.5 Å². The Kier molecular flexibility index (Phi) is 75.5. The molecule has 0 bridgehead atoms. The first-order chi connectivity index (χ1) is 56.3. The zero-order valence-electron chi connectivity index (χ0n) is 94.8. The van der Waals surface area contributed by atoms with E-state index in [9.17, 15) is 0 Å². The molecular formula is C103H237N19O2. The molecule has 5 rings (SSSR count). The topological polar surface area (TPSA) is 115 Å². The van der Waals surface area contributed by atoms with E-state index >= 15 is 0 Å². The molecule has 2 aliphatic carbocycles. The molecular weight excluding hydrogens is 1540 g/mol. The van der Waals surface area contributed by atoms with Crippen molar-refractivity contribution < 1.29 is 9.47 Å². The number of nitrogens with one attached hydrogen (secondary N) is 4. The SMILES string of the molecule is CC(C)(C)C1CCNCC1.CC(C)(C)N1CCOCC1.CC(C)N(C)CCCN(C)C.CC(C)N(C)CCN(C)C(C)C.CC(C)N1CCN(C)CC1C.CCN(C)CCNC(C)(C)C.CCN(CC)CCNC(C)(C)C.CN(C)CC1(N(C)C(C)(C)C)CC1.CN(C)CCCNC(C)(C)C.CN(C)CCOC(C)(C)C.CN(CCN(C)C(C)(C)C)C1CC1. The Hall–Kier alpha value is -0.840. The van der Waals surface area contributed by atoms with Crippen molar-refractivity contribution in [3.05, 3.63) is 0 Å². The minimum absolute atomic E-state index is 0.00993. The molecule has 21 heteroatoms. The third-order valence-corrected chi connectivity index (χ3v) is 24.1. The third kappa shape index (κ3) is 86.6. The molecule has 3 heterocycles. The standard InChI is InChI=1S/2C11H24N2.2C10H24N2.C9H20N2.3C9H22N2.C9H19N.C8H17NO.C8H19NO/c1-10(2,3)13(6)11(7-8-11)9-12(4)5;1-11(2,3)13(5)9-8-12(4)10-6-7-10;1-9(2)11(5)7-8-12(6)10(3)4;1-6-12(7-2)9-8-11-10(3,4)5;1-8(2)11-6-5-10(4)7-9(11)3;1-9(2)11(5)8-6-7-10(3)4;1-9(2,3)10-7-6-8-11(4)5;1-6-11(5)8-7-10-9(2,3)4;1-9(2,3)8-4-6-10-7-5-8;1-8(2,3)9-4-6-10-7-5-9;1-8(2,3)10-7-6-9(4)5/h7-9H2,1-6H3;10H,6-9H2,1-5H3;9-10H,7-8H2,1-6H3;11H,6-9H2,1-5H3;8-9H,5-7H2,1-4H3;9H,6-8H2,1-5H3;2*10H,6-8H2,1-5H3;8,10H,4-7H2,1-3H3;4-7H2,1-3H3;6-7H2,1-5H3. The first-order valence-corrected chi connectivity index (χ1v) is 49.9. The van der Waals surface area contributed by atoms with Crippen molar-refractivity contribution >= 4 is 0 Å². The van der Waals surface area contributed by atoms with Gasteiger partial charge in [0, 0.05) is 173 Å². The van der Waals surface area contributed by atoms with Crippen LogP contribution in [-0.4, -0.2) is 444 Å². The highest BCUT2D eigenvalue weighted by atomic mass is 16.5. The van der Waals surface area contributed by atoms with Gasteiger partial charge in [-0.1, -0.05) is 41.5 Å². The van der Waals surface area contributed by atoms with Gasteiger partial charge in [-0.05, 0) is 442 Å². The number of ether oxygens (including phenoxy) is 2. The molecule has 4 N–H and O–H groups in total. The van der Waals surface area contributed by atoms with Crippen molar-refractivity contribution in [2.45, 2.75) is 381 Å². The molecule has 0 spiro atoms. The van der Waals surface area contributed by atoms with Gasteiger partial charge in [0.05, 0.1) is 25.4 Å². The van der Waals surface area contributed by atoms with Crippen molar-refractivity contribution in [2.75, 3.05) is 290 Å². The summed E-state index contributed by atoms with van der Waals surface area (Å²) in [4.78, 5) is 35.6. The van der Waals surface area contributed by atoms with Gasteiger partial charge in [-0.15, -0.1) is 0 Å². The second-order valence-electron chi connectivity index (χ2n) is 47.4. The van der Waals surface area contributed by atoms with E-state index < -0.39 is 0 Å². The Labute approximate surface area is 782 Å². The molecule has 2 saturated carbocycles. The highest BCUT2D eigenvalue weighted by Crippen LogP contribution is 2.44. The van der Waals surface area contributed by atoms with E-state index in [1.165, 1.54) is 123 Å². The predicted octanol–water partition coefficient (Wildman–Crippen LogP) is 16.5. The molecule has 0 aromatic rings. The Morgan fingerprint density at radius 3 is 1.19 bits per heavy atom. The van der Waals surface area contributed by atoms with E-state index in [0.29, 0.717) is 51.7 Å². The summed E-state index contributed by atoms with van der Waals surface area (Å²) >= 11 is 0. The van der Waals surface area contributed by atoms with Crippen molar-refractivity contribution in [3.8, 4) is 0 Å². The fourth-order valence-electron chi connectivity index (χ4n) is 13.3. The largest absolute Gasteiger partial charge is 0.379 e. The fraction of sp³-hybridized carbons (Fsp3) is 1.00. The molecule has 5 aliphatic rings. The van der Waals surface area contributed by atoms with Gasteiger partial charge >= 0.3 is 0 Å². The van der Waals surface area contributed by atoms with Gasteiger partial charge in [0.1, 0.15) is 0 Å². The second-order valence-corrected chi connectivity index (χ2v) is 47.4. The number of hydrogen-bond acceptors (Lipinski definition) is 21. The summed E-state index contributed by atoms with van der Waals surface area (Å²) in [6.45, 7) is 111. The van der Waals surface area contributed by atoms with E-state index in [2.05, 4.69) is 443 Å². The van der Waals surface area contributed by atoms with E-state index in [-0.39, 0.29) is 22.2 Å². The average Bonchev–Trinajstić information content (AvgIpc) is 1.61. The maximum atomic E-state index is 5.50. The molecule has 5 fully saturated rings. The zero-order chi connectivity index (χ0) is 98.2. The van der Waals surface area contributed by atoms with Gasteiger partial charge in [-0.2, -0.15) is 0 Å². The van der Waals surface area contributed by atoms with Gasteiger partial charge in [-0.25, -0.2) is 0 Å². The Balaban J connectivity index is -0.000000309. The van der Waals surface area contributed by atoms with Crippen molar-refractivity contribution in [1.29, 1.82) is 0 Å². The highest BCUT2D eigenvalue weighted by Gasteiger charge is 2.49. The van der Waals surface area contributed by atoms with Crippen LogP contribution in [0.25, 0.3) is 0 Å². The summed E-state index contributed by atoms with van der Waals surface area (Å²) in [5.74, 6) is 0.939. The predicted molar refractivity (Wildman–Crippen MR) is 560 cm³/mol. The number of hydrogen-bond donors (Lipinski definition) is 4. The lowest BCUT2D eigenvalue weighted by Crippen LogP contribution is -2.52. The number of rotatable bonds is 34. The number of likely N-dealkylation sites (N-methyl/N-ethyl adjacent to an activating group) is 10. The van der Waals surface area contributed by atoms with Crippen molar-refractivity contribution in [1.82, 2.24) is 94.8 Å². The summed E-state index contributed by atoms with van der Waals surface area (Å²) in [5.41, 5.74) is 2.73. The molecule has 3 saturated heterocycles. The van der Waals surface area contributed by atoms with E-state index in [1.807, 2.05) is 14.1 Å². The van der Waals surface area contributed by atoms with Crippen LogP contribution in [0.15, 0.2) is 0 Å². The molecule has 0 amide bonds. The van der Waals surface area contributed by atoms with Crippen molar-refractivity contribution in [2.24, 2.45) is 11.3 Å². The lowest BCUT2D eigenvalue weighted by Gasteiger charge is -2.40. The molecule has 0 radical (unpaired) electrons. The van der Waals surface area contributed by atoms with Crippen LogP contribution in [0.5, 0.6) is 0 Å². The molecule has 1 unspecified atom stereocenters. The Morgan fingerprint density at radius 2 is 0.871 bits per heavy atom. The lowest BCUT2D eigenvalue weighted by molar-refractivity contribution is -0.00872. The minimum Gasteiger partial charge on any atom is -0.379 e. The van der Waals surface area contributed by atoms with Crippen LogP contribution in [-0.2, 0) is 9.47 Å². The van der Waals surface area contributed by atoms with Crippen molar-refractivity contribution in [3.63, 3.8) is 0 Å². The molecule has 0 aromatic heterocycles. The minimum atomic E-state index is 0.00993. The Morgan fingerprint density at radius 1 is 0.452 bits per heavy atom. The smallest absolute Gasteiger partial charge is 0.0600 e. The van der Waals surface area contributed by atoms with Crippen LogP contribution in [0.2, 0.25) is 0 Å². The van der Waals surface area contributed by atoms with E-state index in [1.54, 1.807) is 0 Å². The fourth-order valence-corrected chi connectivity index (χ4v) is 13.3. The zero-order valence-corrected chi connectivity index (χ0v) is 94.8. The van der Waals surface area contributed by atoms with Crippen LogP contribution in [0.3, 0.4) is 0 Å². The molecule has 21 nitrogen and oxygen atoms in total. The summed E-state index contributed by atoms with van der Waals surface area (Å²) in [6, 6.07) is 4.33. The van der Waals surface area contributed by atoms with E-state index in [4.69, 9.17) is 9.47 Å². The Bertz CT molecular complexity index is 2290. The van der Waals surface area contributed by atoms with Gasteiger partial charge in [0.15, 0.2) is 0 Å². The monoisotopic (exact) mass is 1770 g/mol. The molecule has 756 valence electrons. The van der Waals surface area contributed by atoms with Crippen LogP contribution in [0.1, 0.15) is 301 Å². The van der Waals surface area contributed by atoms with E-state index in [0.717, 1.165) is 123 Å². The number of piperidine rings is 1. The summed E-state index contributed by atoms with van der Waals surface area (Å²) in [6.07, 6.45) is 10.8. The second kappa shape index (κ2) is 69.9. The van der Waals surface area contributed by atoms with Crippen LogP contribution >= 0.6 is 0 Å². The quantitative estimate of drug-likeness (QED) is 0.0458. The van der Waals surface area contributed by atoms with Crippen LogP contribution in [0.4, 0.5) is 0 Å². The summed E-state index contributed by atoms with van der Waals surface area (Å²) in [5, 5.41) is 13.8. The molecule has 0 aromatic carbocycles. The maximum absolute atomic E-state index is 5.50. The number of piperazine rings is 1. The molecule has 1 atom stereocenters. The first kappa shape index (κ1) is 134. The van der Waals surface area contributed by atoms with Gasteiger partial charge in [-0.3, -0.25) is 14.7 Å². The first-order valence-electron chi connectivity index (χ1n) is 49.9.